The maximum Gasteiger partial charge on any atom is 0.311 e. The smallest absolute Gasteiger partial charge is 0.311 e. The molecule has 2 fully saturated rings. The molecule has 0 aromatic heterocycles. The van der Waals surface area contributed by atoms with Gasteiger partial charge in [0.05, 0.1) is 5.41 Å². The fourth-order valence-corrected chi connectivity index (χ4v) is 2.22. The van der Waals surface area contributed by atoms with Crippen LogP contribution in [0.1, 0.15) is 32.1 Å². The Morgan fingerprint density at radius 1 is 1.38 bits per heavy atom. The Bertz CT molecular complexity index is 292. The third-order valence-corrected chi connectivity index (χ3v) is 3.59. The summed E-state index contributed by atoms with van der Waals surface area (Å²) in [6.07, 6.45) is 3.53. The SMILES string of the molecule is O=C(NCC1(C(=O)O)CCC1)C1CCCO1. The van der Waals surface area contributed by atoms with Gasteiger partial charge in [0, 0.05) is 13.2 Å². The number of ether oxygens (including phenoxy) is 1. The van der Waals surface area contributed by atoms with Crippen LogP contribution in [0, 0.1) is 5.41 Å². The van der Waals surface area contributed by atoms with Gasteiger partial charge in [-0.1, -0.05) is 6.42 Å². The van der Waals surface area contributed by atoms with Gasteiger partial charge < -0.3 is 15.2 Å². The average Bonchev–Trinajstić information content (AvgIpc) is 2.67. The van der Waals surface area contributed by atoms with Crippen molar-refractivity contribution in [3.8, 4) is 0 Å². The first-order valence-electron chi connectivity index (χ1n) is 5.77. The van der Waals surface area contributed by atoms with E-state index in [2.05, 4.69) is 5.32 Å². The maximum atomic E-state index is 11.6. The minimum absolute atomic E-state index is 0.162. The zero-order chi connectivity index (χ0) is 11.6. The van der Waals surface area contributed by atoms with Gasteiger partial charge in [-0.3, -0.25) is 9.59 Å². The summed E-state index contributed by atoms with van der Waals surface area (Å²) < 4.78 is 5.23. The summed E-state index contributed by atoms with van der Waals surface area (Å²) in [5.74, 6) is -0.962. The molecule has 1 amide bonds. The minimum Gasteiger partial charge on any atom is -0.481 e. The Morgan fingerprint density at radius 3 is 2.56 bits per heavy atom. The molecule has 0 bridgehead atoms. The average molecular weight is 227 g/mol. The van der Waals surface area contributed by atoms with Crippen LogP contribution < -0.4 is 5.32 Å². The molecule has 90 valence electrons. The van der Waals surface area contributed by atoms with Crippen LogP contribution in [0.5, 0.6) is 0 Å². The van der Waals surface area contributed by atoms with Crippen LogP contribution in [0.25, 0.3) is 0 Å². The molecule has 1 aliphatic carbocycles. The summed E-state index contributed by atoms with van der Waals surface area (Å²) in [7, 11) is 0. The van der Waals surface area contributed by atoms with Crippen molar-refractivity contribution in [1.82, 2.24) is 5.32 Å². The summed E-state index contributed by atoms with van der Waals surface area (Å²) in [5, 5.41) is 11.8. The second kappa shape index (κ2) is 4.41. The highest BCUT2D eigenvalue weighted by atomic mass is 16.5. The van der Waals surface area contributed by atoms with E-state index >= 15 is 0 Å². The topological polar surface area (TPSA) is 75.6 Å². The first kappa shape index (κ1) is 11.4. The molecule has 2 aliphatic rings. The van der Waals surface area contributed by atoms with E-state index in [1.165, 1.54) is 0 Å². The van der Waals surface area contributed by atoms with Crippen LogP contribution in [0.3, 0.4) is 0 Å². The molecule has 16 heavy (non-hydrogen) atoms. The number of aliphatic carboxylic acids is 1. The van der Waals surface area contributed by atoms with Gasteiger partial charge in [0.25, 0.3) is 0 Å². The number of carbonyl (C=O) groups excluding carboxylic acids is 1. The van der Waals surface area contributed by atoms with E-state index in [9.17, 15) is 9.59 Å². The van der Waals surface area contributed by atoms with E-state index < -0.39 is 11.4 Å². The first-order chi connectivity index (χ1) is 7.64. The standard InChI is InChI=1S/C11H17NO4/c13-9(8-3-1-6-16-8)12-7-11(10(14)15)4-2-5-11/h8H,1-7H2,(H,12,13)(H,14,15). The van der Waals surface area contributed by atoms with Gasteiger partial charge in [0.1, 0.15) is 6.10 Å². The van der Waals surface area contributed by atoms with Gasteiger partial charge in [-0.15, -0.1) is 0 Å². The highest BCUT2D eigenvalue weighted by Crippen LogP contribution is 2.40. The van der Waals surface area contributed by atoms with Crippen molar-refractivity contribution >= 4 is 11.9 Å². The number of amides is 1. The van der Waals surface area contributed by atoms with Crippen LogP contribution in [0.4, 0.5) is 0 Å². The fourth-order valence-electron chi connectivity index (χ4n) is 2.22. The molecule has 5 heteroatoms. The Balaban J connectivity index is 1.81. The predicted molar refractivity (Wildman–Crippen MR) is 55.9 cm³/mol. The molecule has 1 saturated carbocycles. The molecule has 1 unspecified atom stereocenters. The molecule has 0 aromatic rings. The van der Waals surface area contributed by atoms with E-state index in [0.717, 1.165) is 19.3 Å². The Kier molecular flexibility index (Phi) is 3.14. The Labute approximate surface area is 94.2 Å². The normalized spacial score (nSPS) is 27.1. The van der Waals surface area contributed by atoms with Gasteiger partial charge in [0.2, 0.25) is 5.91 Å². The van der Waals surface area contributed by atoms with Gasteiger partial charge in [-0.25, -0.2) is 0 Å². The molecular formula is C11H17NO4. The third kappa shape index (κ3) is 2.04. The number of hydrogen-bond acceptors (Lipinski definition) is 3. The van der Waals surface area contributed by atoms with Crippen molar-refractivity contribution in [2.45, 2.75) is 38.2 Å². The molecule has 1 aliphatic heterocycles. The van der Waals surface area contributed by atoms with Crippen molar-refractivity contribution in [3.63, 3.8) is 0 Å². The highest BCUT2D eigenvalue weighted by molar-refractivity contribution is 5.82. The van der Waals surface area contributed by atoms with E-state index in [1.54, 1.807) is 0 Å². The largest absolute Gasteiger partial charge is 0.481 e. The second-order valence-corrected chi connectivity index (χ2v) is 4.66. The molecule has 1 saturated heterocycles. The fraction of sp³-hybridized carbons (Fsp3) is 0.818. The lowest BCUT2D eigenvalue weighted by atomic mass is 9.69. The van der Waals surface area contributed by atoms with Crippen LogP contribution in [0.2, 0.25) is 0 Å². The summed E-state index contributed by atoms with van der Waals surface area (Å²) in [6, 6.07) is 0. The number of carboxylic acid groups (broad SMARTS) is 1. The number of carbonyl (C=O) groups is 2. The molecule has 5 nitrogen and oxygen atoms in total. The summed E-state index contributed by atoms with van der Waals surface area (Å²) >= 11 is 0. The lowest BCUT2D eigenvalue weighted by Crippen LogP contribution is -2.49. The third-order valence-electron chi connectivity index (χ3n) is 3.59. The van der Waals surface area contributed by atoms with Gasteiger partial charge in [-0.05, 0) is 25.7 Å². The lowest BCUT2D eigenvalue weighted by Gasteiger charge is -2.37. The van der Waals surface area contributed by atoms with Crippen LogP contribution >= 0.6 is 0 Å². The summed E-state index contributed by atoms with van der Waals surface area (Å²) in [6.45, 7) is 0.864. The lowest BCUT2D eigenvalue weighted by molar-refractivity contribution is -0.154. The molecular weight excluding hydrogens is 210 g/mol. The van der Waals surface area contributed by atoms with Crippen molar-refractivity contribution in [3.05, 3.63) is 0 Å². The Hall–Kier alpha value is -1.10. The number of nitrogens with one attached hydrogen (secondary N) is 1. The van der Waals surface area contributed by atoms with E-state index in [1.807, 2.05) is 0 Å². The van der Waals surface area contributed by atoms with E-state index in [-0.39, 0.29) is 18.6 Å². The Morgan fingerprint density at radius 2 is 2.12 bits per heavy atom. The van der Waals surface area contributed by atoms with E-state index in [4.69, 9.17) is 9.84 Å². The van der Waals surface area contributed by atoms with Crippen molar-refractivity contribution in [1.29, 1.82) is 0 Å². The van der Waals surface area contributed by atoms with Crippen molar-refractivity contribution < 1.29 is 19.4 Å². The number of rotatable bonds is 4. The number of hydrogen-bond donors (Lipinski definition) is 2. The number of carboxylic acids is 1. The first-order valence-corrected chi connectivity index (χ1v) is 5.77. The summed E-state index contributed by atoms with van der Waals surface area (Å²) in [4.78, 5) is 22.7. The van der Waals surface area contributed by atoms with Gasteiger partial charge >= 0.3 is 5.97 Å². The van der Waals surface area contributed by atoms with Crippen molar-refractivity contribution in [2.75, 3.05) is 13.2 Å². The van der Waals surface area contributed by atoms with E-state index in [0.29, 0.717) is 19.4 Å². The zero-order valence-electron chi connectivity index (χ0n) is 9.20. The van der Waals surface area contributed by atoms with Gasteiger partial charge in [-0.2, -0.15) is 0 Å². The van der Waals surface area contributed by atoms with Crippen LogP contribution in [-0.2, 0) is 14.3 Å². The molecule has 0 aromatic carbocycles. The van der Waals surface area contributed by atoms with Crippen molar-refractivity contribution in [2.24, 2.45) is 5.41 Å². The predicted octanol–water partition coefficient (Wildman–Crippen LogP) is 0.536. The monoisotopic (exact) mass is 227 g/mol. The molecule has 0 radical (unpaired) electrons. The molecule has 1 atom stereocenters. The zero-order valence-corrected chi connectivity index (χ0v) is 9.20. The quantitative estimate of drug-likeness (QED) is 0.734. The molecule has 0 spiro atoms. The molecule has 1 heterocycles. The molecule has 2 rings (SSSR count). The minimum atomic E-state index is -0.800. The maximum absolute atomic E-state index is 11.6. The second-order valence-electron chi connectivity index (χ2n) is 4.66. The van der Waals surface area contributed by atoms with Crippen LogP contribution in [-0.4, -0.2) is 36.2 Å². The summed E-state index contributed by atoms with van der Waals surface area (Å²) in [5.41, 5.74) is -0.714. The molecule has 2 N–H and O–H groups in total. The van der Waals surface area contributed by atoms with Crippen LogP contribution in [0.15, 0.2) is 0 Å². The van der Waals surface area contributed by atoms with Gasteiger partial charge in [0.15, 0.2) is 0 Å². The highest BCUT2D eigenvalue weighted by Gasteiger charge is 2.44.